The molecule has 23 heavy (non-hydrogen) atoms. The van der Waals surface area contributed by atoms with Gasteiger partial charge in [0.2, 0.25) is 0 Å². The van der Waals surface area contributed by atoms with Crippen LogP contribution < -0.4 is 5.32 Å². The van der Waals surface area contributed by atoms with Gasteiger partial charge >= 0.3 is 0 Å². The van der Waals surface area contributed by atoms with Crippen molar-refractivity contribution >= 4 is 29.9 Å². The lowest BCUT2D eigenvalue weighted by Crippen LogP contribution is -2.38. The van der Waals surface area contributed by atoms with Crippen LogP contribution in [-0.4, -0.2) is 43.7 Å². The number of benzene rings is 1. The Morgan fingerprint density at radius 1 is 1.30 bits per heavy atom. The summed E-state index contributed by atoms with van der Waals surface area (Å²) in [6.45, 7) is 9.06. The zero-order chi connectivity index (χ0) is 16.4. The molecule has 1 aromatic carbocycles. The van der Waals surface area contributed by atoms with Gasteiger partial charge in [0.25, 0.3) is 0 Å². The maximum absolute atomic E-state index is 12.9. The summed E-state index contributed by atoms with van der Waals surface area (Å²) in [5.74, 6) is 0.647. The number of aliphatic imine (C=N–C) groups is 1. The fourth-order valence-corrected chi connectivity index (χ4v) is 1.98. The smallest absolute Gasteiger partial charge is 0.193 e. The molecule has 0 bridgehead atoms. The van der Waals surface area contributed by atoms with E-state index in [1.54, 1.807) is 12.1 Å². The molecule has 0 amide bonds. The Morgan fingerprint density at radius 3 is 2.52 bits per heavy atom. The molecule has 0 aliphatic carbocycles. The van der Waals surface area contributed by atoms with Crippen LogP contribution in [0.25, 0.3) is 0 Å². The number of hydrogen-bond donors (Lipinski definition) is 1. The fraction of sp³-hybridized carbons (Fsp3) is 0.588. The Balaban J connectivity index is 0.00000484. The highest BCUT2D eigenvalue weighted by Gasteiger charge is 2.06. The van der Waals surface area contributed by atoms with E-state index >= 15 is 0 Å². The number of halogens is 2. The average molecular weight is 437 g/mol. The summed E-state index contributed by atoms with van der Waals surface area (Å²) < 4.78 is 18.4. The molecule has 0 unspecified atom stereocenters. The third-order valence-electron chi connectivity index (χ3n) is 3.04. The molecule has 0 radical (unpaired) electrons. The van der Waals surface area contributed by atoms with E-state index in [2.05, 4.69) is 10.3 Å². The first-order valence-corrected chi connectivity index (χ1v) is 7.88. The zero-order valence-corrected chi connectivity index (χ0v) is 16.8. The van der Waals surface area contributed by atoms with Crippen LogP contribution in [0, 0.1) is 5.82 Å². The highest BCUT2D eigenvalue weighted by atomic mass is 127. The van der Waals surface area contributed by atoms with Gasteiger partial charge in [-0.15, -0.1) is 24.0 Å². The van der Waals surface area contributed by atoms with Crippen molar-refractivity contribution in [2.24, 2.45) is 4.99 Å². The molecule has 1 aromatic rings. The Morgan fingerprint density at radius 2 is 1.96 bits per heavy atom. The number of rotatable bonds is 8. The summed E-state index contributed by atoms with van der Waals surface area (Å²) in [4.78, 5) is 6.64. The predicted molar refractivity (Wildman–Crippen MR) is 105 cm³/mol. The van der Waals surface area contributed by atoms with E-state index in [-0.39, 0.29) is 35.9 Å². The number of hydrogen-bond acceptors (Lipinski definition) is 2. The number of ether oxygens (including phenoxy) is 1. The van der Waals surface area contributed by atoms with Gasteiger partial charge in [-0.25, -0.2) is 4.39 Å². The number of guanidine groups is 1. The lowest BCUT2D eigenvalue weighted by molar-refractivity contribution is 0.0782. The molecule has 0 saturated heterocycles. The molecule has 0 aromatic heterocycles. The maximum atomic E-state index is 12.9. The van der Waals surface area contributed by atoms with Crippen LogP contribution >= 0.6 is 24.0 Å². The van der Waals surface area contributed by atoms with Gasteiger partial charge in [-0.05, 0) is 44.9 Å². The van der Waals surface area contributed by atoms with E-state index in [0.29, 0.717) is 6.54 Å². The highest BCUT2D eigenvalue weighted by molar-refractivity contribution is 14.0. The van der Waals surface area contributed by atoms with Crippen molar-refractivity contribution in [1.82, 2.24) is 10.2 Å². The second-order valence-corrected chi connectivity index (χ2v) is 5.49. The third kappa shape index (κ3) is 9.76. The van der Waals surface area contributed by atoms with E-state index in [4.69, 9.17) is 4.74 Å². The Bertz CT molecular complexity index is 452. The normalized spacial score (nSPS) is 11.3. The highest BCUT2D eigenvalue weighted by Crippen LogP contribution is 2.06. The zero-order valence-electron chi connectivity index (χ0n) is 14.5. The first-order valence-electron chi connectivity index (χ1n) is 7.88. The molecular weight excluding hydrogens is 408 g/mol. The summed E-state index contributed by atoms with van der Waals surface area (Å²) in [5, 5.41) is 3.27. The summed E-state index contributed by atoms with van der Waals surface area (Å²) >= 11 is 0. The molecule has 0 aliphatic rings. The van der Waals surface area contributed by atoms with Gasteiger partial charge in [-0.1, -0.05) is 12.1 Å². The van der Waals surface area contributed by atoms with Crippen molar-refractivity contribution < 1.29 is 9.13 Å². The predicted octanol–water partition coefficient (Wildman–Crippen LogP) is 3.66. The SMILES string of the molecule is CCNC(=NCCCOC(C)C)N(C)Cc1ccc(F)cc1.I. The topological polar surface area (TPSA) is 36.9 Å². The van der Waals surface area contributed by atoms with Gasteiger partial charge in [0.05, 0.1) is 6.10 Å². The molecule has 1 N–H and O–H groups in total. The van der Waals surface area contributed by atoms with E-state index < -0.39 is 0 Å². The van der Waals surface area contributed by atoms with Gasteiger partial charge in [0.15, 0.2) is 5.96 Å². The monoisotopic (exact) mass is 437 g/mol. The Hall–Kier alpha value is -0.890. The molecule has 0 spiro atoms. The average Bonchev–Trinajstić information content (AvgIpc) is 2.47. The van der Waals surface area contributed by atoms with Crippen molar-refractivity contribution in [3.8, 4) is 0 Å². The van der Waals surface area contributed by atoms with Crippen molar-refractivity contribution in [2.75, 3.05) is 26.7 Å². The van der Waals surface area contributed by atoms with Crippen LogP contribution in [0.2, 0.25) is 0 Å². The Labute approximate surface area is 156 Å². The first-order chi connectivity index (χ1) is 10.5. The lowest BCUT2D eigenvalue weighted by Gasteiger charge is -2.22. The van der Waals surface area contributed by atoms with Gasteiger partial charge in [-0.2, -0.15) is 0 Å². The summed E-state index contributed by atoms with van der Waals surface area (Å²) in [6, 6.07) is 6.56. The van der Waals surface area contributed by atoms with Crippen LogP contribution in [0.15, 0.2) is 29.3 Å². The molecule has 0 aliphatic heterocycles. The molecule has 0 saturated carbocycles. The van der Waals surface area contributed by atoms with Crippen molar-refractivity contribution in [3.05, 3.63) is 35.6 Å². The second-order valence-electron chi connectivity index (χ2n) is 5.49. The van der Waals surface area contributed by atoms with E-state index in [1.807, 2.05) is 32.7 Å². The molecule has 6 heteroatoms. The largest absolute Gasteiger partial charge is 0.379 e. The van der Waals surface area contributed by atoms with Crippen molar-refractivity contribution in [2.45, 2.75) is 39.8 Å². The van der Waals surface area contributed by atoms with E-state index in [0.717, 1.165) is 37.6 Å². The van der Waals surface area contributed by atoms with Gasteiger partial charge < -0.3 is 15.0 Å². The minimum absolute atomic E-state index is 0. The maximum Gasteiger partial charge on any atom is 0.193 e. The summed E-state index contributed by atoms with van der Waals surface area (Å²) in [6.07, 6.45) is 1.16. The molecule has 0 atom stereocenters. The van der Waals surface area contributed by atoms with Crippen LogP contribution in [0.3, 0.4) is 0 Å². The minimum Gasteiger partial charge on any atom is -0.379 e. The van der Waals surface area contributed by atoms with E-state index in [1.165, 1.54) is 12.1 Å². The van der Waals surface area contributed by atoms with Crippen LogP contribution in [-0.2, 0) is 11.3 Å². The number of nitrogens with zero attached hydrogens (tertiary/aromatic N) is 2. The van der Waals surface area contributed by atoms with Gasteiger partial charge in [0.1, 0.15) is 5.82 Å². The second kappa shape index (κ2) is 12.5. The Kier molecular flexibility index (Phi) is 12.0. The van der Waals surface area contributed by atoms with Crippen molar-refractivity contribution in [1.29, 1.82) is 0 Å². The third-order valence-corrected chi connectivity index (χ3v) is 3.04. The molecule has 0 fully saturated rings. The van der Waals surface area contributed by atoms with Crippen LogP contribution in [0.5, 0.6) is 0 Å². The quantitative estimate of drug-likeness (QED) is 0.292. The summed E-state index contributed by atoms with van der Waals surface area (Å²) in [5.41, 5.74) is 1.05. The fourth-order valence-electron chi connectivity index (χ4n) is 1.98. The molecule has 4 nitrogen and oxygen atoms in total. The molecule has 1 rings (SSSR count). The van der Waals surface area contributed by atoms with E-state index in [9.17, 15) is 4.39 Å². The lowest BCUT2D eigenvalue weighted by atomic mass is 10.2. The molecule has 132 valence electrons. The van der Waals surface area contributed by atoms with Crippen LogP contribution in [0.1, 0.15) is 32.8 Å². The molecular formula is C17H29FIN3O. The summed E-state index contributed by atoms with van der Waals surface area (Å²) in [7, 11) is 1.98. The molecule has 0 heterocycles. The number of nitrogens with one attached hydrogen (secondary N) is 1. The van der Waals surface area contributed by atoms with Gasteiger partial charge in [0, 0.05) is 33.3 Å². The van der Waals surface area contributed by atoms with Crippen molar-refractivity contribution in [3.63, 3.8) is 0 Å². The standard InChI is InChI=1S/C17H28FN3O.HI/c1-5-19-17(20-11-6-12-22-14(2)3)21(4)13-15-7-9-16(18)10-8-15;/h7-10,14H,5-6,11-13H2,1-4H3,(H,19,20);1H. The van der Waals surface area contributed by atoms with Crippen LogP contribution in [0.4, 0.5) is 4.39 Å². The first kappa shape index (κ1) is 22.1. The van der Waals surface area contributed by atoms with Gasteiger partial charge in [-0.3, -0.25) is 4.99 Å². The minimum atomic E-state index is -0.211.